The van der Waals surface area contributed by atoms with Gasteiger partial charge >= 0.3 is 0 Å². The summed E-state index contributed by atoms with van der Waals surface area (Å²) < 4.78 is 14.2. The number of hydrogen-bond donors (Lipinski definition) is 4. The smallest absolute Gasteiger partial charge is 0.185 e. The Bertz CT molecular complexity index is 955. The van der Waals surface area contributed by atoms with Gasteiger partial charge in [0.1, 0.15) is 5.82 Å². The van der Waals surface area contributed by atoms with Gasteiger partial charge in [0.15, 0.2) is 17.3 Å². The number of hydrogen-bond acceptors (Lipinski definition) is 4. The summed E-state index contributed by atoms with van der Waals surface area (Å²) in [5, 5.41) is 11.0. The van der Waals surface area contributed by atoms with E-state index < -0.39 is 5.82 Å². The van der Waals surface area contributed by atoms with Crippen molar-refractivity contribution in [1.29, 1.82) is 0 Å². The lowest BCUT2D eigenvalue weighted by Gasteiger charge is -2.08. The van der Waals surface area contributed by atoms with Gasteiger partial charge in [-0.3, -0.25) is 5.10 Å². The van der Waals surface area contributed by atoms with Crippen LogP contribution in [0.1, 0.15) is 0 Å². The Morgan fingerprint density at radius 3 is 3.05 bits per heavy atom. The molecule has 1 aromatic carbocycles. The van der Waals surface area contributed by atoms with Crippen molar-refractivity contribution in [3.63, 3.8) is 0 Å². The van der Waals surface area contributed by atoms with Crippen molar-refractivity contribution in [2.24, 2.45) is 0 Å². The molecule has 7 heteroatoms. The van der Waals surface area contributed by atoms with Crippen LogP contribution in [0, 0.1) is 5.82 Å². The largest absolute Gasteiger partial charge is 0.384 e. The van der Waals surface area contributed by atoms with Crippen molar-refractivity contribution < 1.29 is 4.39 Å². The average Bonchev–Trinajstić information content (AvgIpc) is 3.08. The third-order valence-corrected chi connectivity index (χ3v) is 3.37. The van der Waals surface area contributed by atoms with E-state index in [-0.39, 0.29) is 5.82 Å². The van der Waals surface area contributed by atoms with Gasteiger partial charge in [0.05, 0.1) is 16.6 Å². The number of nitrogens with two attached hydrogens (primary N) is 1. The Labute approximate surface area is 118 Å². The maximum atomic E-state index is 14.2. The summed E-state index contributed by atoms with van der Waals surface area (Å²) in [5.41, 5.74) is 7.66. The fourth-order valence-electron chi connectivity index (χ4n) is 2.34. The first-order valence-corrected chi connectivity index (χ1v) is 6.35. The molecule has 0 atom stereocenters. The summed E-state index contributed by atoms with van der Waals surface area (Å²) >= 11 is 0. The minimum atomic E-state index is -0.487. The van der Waals surface area contributed by atoms with Crippen LogP contribution in [0.15, 0.2) is 36.5 Å². The molecule has 0 fully saturated rings. The Hall–Kier alpha value is -3.09. The van der Waals surface area contributed by atoms with Crippen LogP contribution in [0.5, 0.6) is 0 Å². The zero-order chi connectivity index (χ0) is 14.4. The standard InChI is InChI=1S/C14H11FN6/c15-9-6-8-12(16)20-21-13(8)19-14(9)18-10-3-1-2-7-4-5-17-11(7)10/h1-6,17H,(H4,16,18,19,20,21). The normalized spacial score (nSPS) is 11.3. The molecular formula is C14H11FN6. The fraction of sp³-hybridized carbons (Fsp3) is 0. The van der Waals surface area contributed by atoms with E-state index in [0.717, 1.165) is 16.6 Å². The lowest BCUT2D eigenvalue weighted by Crippen LogP contribution is -1.98. The number of anilines is 3. The van der Waals surface area contributed by atoms with Gasteiger partial charge in [0.2, 0.25) is 0 Å². The third-order valence-electron chi connectivity index (χ3n) is 3.37. The predicted octanol–water partition coefficient (Wildman–Crippen LogP) is 2.90. The first kappa shape index (κ1) is 11.7. The molecule has 0 amide bonds. The minimum Gasteiger partial charge on any atom is -0.384 e. The molecule has 0 aliphatic carbocycles. The van der Waals surface area contributed by atoms with Crippen molar-refractivity contribution in [3.8, 4) is 0 Å². The van der Waals surface area contributed by atoms with Gasteiger partial charge in [-0.05, 0) is 18.2 Å². The second-order valence-electron chi connectivity index (χ2n) is 4.70. The molecule has 0 aliphatic heterocycles. The summed E-state index contributed by atoms with van der Waals surface area (Å²) in [6, 6.07) is 8.98. The van der Waals surface area contributed by atoms with Crippen molar-refractivity contribution in [3.05, 3.63) is 42.3 Å². The molecule has 5 N–H and O–H groups in total. The molecule has 0 unspecified atom stereocenters. The number of rotatable bonds is 2. The molecule has 104 valence electrons. The van der Waals surface area contributed by atoms with E-state index in [4.69, 9.17) is 5.73 Å². The molecule has 0 saturated carbocycles. The van der Waals surface area contributed by atoms with Crippen LogP contribution in [0.3, 0.4) is 0 Å². The van der Waals surface area contributed by atoms with Gasteiger partial charge in [0.25, 0.3) is 0 Å². The van der Waals surface area contributed by atoms with E-state index in [1.54, 1.807) is 0 Å². The highest BCUT2D eigenvalue weighted by Gasteiger charge is 2.12. The van der Waals surface area contributed by atoms with Crippen LogP contribution >= 0.6 is 0 Å². The zero-order valence-electron chi connectivity index (χ0n) is 10.8. The fourth-order valence-corrected chi connectivity index (χ4v) is 2.34. The molecule has 0 radical (unpaired) electrons. The highest BCUT2D eigenvalue weighted by atomic mass is 19.1. The van der Waals surface area contributed by atoms with Gasteiger partial charge in [-0.25, -0.2) is 9.37 Å². The quantitative estimate of drug-likeness (QED) is 0.454. The van der Waals surface area contributed by atoms with Gasteiger partial charge < -0.3 is 16.0 Å². The molecule has 4 rings (SSSR count). The number of benzene rings is 1. The number of halogens is 1. The Morgan fingerprint density at radius 1 is 1.24 bits per heavy atom. The Balaban J connectivity index is 1.83. The van der Waals surface area contributed by atoms with Crippen LogP contribution in [0.25, 0.3) is 21.9 Å². The lowest BCUT2D eigenvalue weighted by atomic mass is 10.2. The summed E-state index contributed by atoms with van der Waals surface area (Å²) in [6.45, 7) is 0. The van der Waals surface area contributed by atoms with Gasteiger partial charge in [-0.15, -0.1) is 0 Å². The van der Waals surface area contributed by atoms with Gasteiger partial charge in [-0.2, -0.15) is 5.10 Å². The number of nitrogens with zero attached hydrogens (tertiary/aromatic N) is 2. The molecule has 0 saturated heterocycles. The van der Waals surface area contributed by atoms with E-state index in [1.807, 2.05) is 30.5 Å². The number of pyridine rings is 1. The third kappa shape index (κ3) is 1.78. The molecule has 0 spiro atoms. The SMILES string of the molecule is Nc1[nH]nc2nc(Nc3cccc4cc[nH]c34)c(F)cc12. The zero-order valence-corrected chi connectivity index (χ0v) is 10.8. The van der Waals surface area contributed by atoms with Crippen molar-refractivity contribution >= 4 is 39.3 Å². The maximum absolute atomic E-state index is 14.2. The second-order valence-corrected chi connectivity index (χ2v) is 4.70. The van der Waals surface area contributed by atoms with Gasteiger partial charge in [0, 0.05) is 11.6 Å². The number of aromatic amines is 2. The van der Waals surface area contributed by atoms with Crippen molar-refractivity contribution in [2.75, 3.05) is 11.1 Å². The van der Waals surface area contributed by atoms with Crippen LogP contribution in [0.2, 0.25) is 0 Å². The number of fused-ring (bicyclic) bond motifs is 2. The van der Waals surface area contributed by atoms with Crippen LogP contribution in [-0.4, -0.2) is 20.2 Å². The Morgan fingerprint density at radius 2 is 2.14 bits per heavy atom. The molecule has 0 bridgehead atoms. The number of nitrogen functional groups attached to an aromatic ring is 1. The molecule has 21 heavy (non-hydrogen) atoms. The second kappa shape index (κ2) is 4.20. The lowest BCUT2D eigenvalue weighted by molar-refractivity contribution is 0.629. The van der Waals surface area contributed by atoms with Crippen LogP contribution < -0.4 is 11.1 Å². The first-order valence-electron chi connectivity index (χ1n) is 6.35. The highest BCUT2D eigenvalue weighted by molar-refractivity contribution is 5.93. The topological polar surface area (TPSA) is 95.4 Å². The molecule has 3 heterocycles. The highest BCUT2D eigenvalue weighted by Crippen LogP contribution is 2.27. The van der Waals surface area contributed by atoms with E-state index in [0.29, 0.717) is 16.9 Å². The van der Waals surface area contributed by atoms with Crippen molar-refractivity contribution in [1.82, 2.24) is 20.2 Å². The Kier molecular flexibility index (Phi) is 2.34. The van der Waals surface area contributed by atoms with E-state index in [1.165, 1.54) is 6.07 Å². The number of H-pyrrole nitrogens is 2. The van der Waals surface area contributed by atoms with E-state index in [2.05, 4.69) is 25.5 Å². The molecule has 3 aromatic heterocycles. The summed E-state index contributed by atoms with van der Waals surface area (Å²) in [4.78, 5) is 7.27. The number of para-hydroxylation sites is 1. The molecule has 6 nitrogen and oxygen atoms in total. The molecular weight excluding hydrogens is 271 g/mol. The number of aromatic nitrogens is 4. The van der Waals surface area contributed by atoms with Crippen molar-refractivity contribution in [2.45, 2.75) is 0 Å². The predicted molar refractivity (Wildman–Crippen MR) is 79.8 cm³/mol. The first-order chi connectivity index (χ1) is 10.2. The molecule has 4 aromatic rings. The number of nitrogens with one attached hydrogen (secondary N) is 3. The maximum Gasteiger partial charge on any atom is 0.185 e. The monoisotopic (exact) mass is 282 g/mol. The summed E-state index contributed by atoms with van der Waals surface area (Å²) in [7, 11) is 0. The van der Waals surface area contributed by atoms with Gasteiger partial charge in [-0.1, -0.05) is 12.1 Å². The van der Waals surface area contributed by atoms with E-state index in [9.17, 15) is 4.39 Å². The van der Waals surface area contributed by atoms with Crippen LogP contribution in [-0.2, 0) is 0 Å². The average molecular weight is 282 g/mol. The minimum absolute atomic E-state index is 0.107. The van der Waals surface area contributed by atoms with E-state index >= 15 is 0 Å². The molecule has 0 aliphatic rings. The van der Waals surface area contributed by atoms with Crippen LogP contribution in [0.4, 0.5) is 21.7 Å². The summed E-state index contributed by atoms with van der Waals surface area (Å²) in [5.74, 6) is -0.0790. The summed E-state index contributed by atoms with van der Waals surface area (Å²) in [6.07, 6.45) is 1.83.